The highest BCUT2D eigenvalue weighted by molar-refractivity contribution is 5.86. The lowest BCUT2D eigenvalue weighted by Gasteiger charge is -2.35. The van der Waals surface area contributed by atoms with E-state index in [1.807, 2.05) is 25.2 Å². The number of aromatic nitrogens is 1. The van der Waals surface area contributed by atoms with Gasteiger partial charge >= 0.3 is 5.97 Å². The van der Waals surface area contributed by atoms with E-state index in [4.69, 9.17) is 19.3 Å². The first-order valence-electron chi connectivity index (χ1n) is 18.7. The van der Waals surface area contributed by atoms with E-state index >= 15 is 0 Å². The number of aliphatic hydroxyl groups excluding tert-OH is 1. The molecule has 4 N–H and O–H groups in total. The lowest BCUT2D eigenvalue weighted by atomic mass is 10.1. The second kappa shape index (κ2) is 22.2. The maximum absolute atomic E-state index is 13.8. The topological polar surface area (TPSA) is 210 Å². The van der Waals surface area contributed by atoms with Crippen LogP contribution in [-0.2, 0) is 33.4 Å². The SMILES string of the molecule is CN(CCCN1CCN(C(=O)COCCOCCOCCNC(=O)CCC(=O)O)CC1)c1ccc2nccc(C(O)NCC(=O)N3CC(F)(F)C[C@H]3C#N)c2c1. The van der Waals surface area contributed by atoms with Crippen molar-refractivity contribution in [3.8, 4) is 6.07 Å². The van der Waals surface area contributed by atoms with Crippen LogP contribution in [0.5, 0.6) is 0 Å². The van der Waals surface area contributed by atoms with E-state index < -0.39 is 49.6 Å². The van der Waals surface area contributed by atoms with Crippen LogP contribution in [0.15, 0.2) is 30.5 Å². The third kappa shape index (κ3) is 14.2. The highest BCUT2D eigenvalue weighted by Gasteiger charge is 2.47. The summed E-state index contributed by atoms with van der Waals surface area (Å²) in [6.07, 6.45) is 0.149. The molecule has 3 amide bonds. The second-order valence-electron chi connectivity index (χ2n) is 13.6. The second-order valence-corrected chi connectivity index (χ2v) is 13.6. The fourth-order valence-corrected chi connectivity index (χ4v) is 6.36. The highest BCUT2D eigenvalue weighted by Crippen LogP contribution is 2.32. The molecule has 2 atom stereocenters. The maximum Gasteiger partial charge on any atom is 0.303 e. The smallest absolute Gasteiger partial charge is 0.303 e. The van der Waals surface area contributed by atoms with Gasteiger partial charge in [0.1, 0.15) is 18.9 Å². The summed E-state index contributed by atoms with van der Waals surface area (Å²) in [5, 5.41) is 34.7. The zero-order valence-corrected chi connectivity index (χ0v) is 31.7. The summed E-state index contributed by atoms with van der Waals surface area (Å²) in [5.41, 5.74) is 2.01. The normalized spacial score (nSPS) is 17.4. The Labute approximate surface area is 324 Å². The van der Waals surface area contributed by atoms with Gasteiger partial charge in [-0.1, -0.05) is 0 Å². The van der Waals surface area contributed by atoms with E-state index in [-0.39, 0.29) is 51.0 Å². The molecular formula is C37H52F2N8O9. The number of halogens is 2. The van der Waals surface area contributed by atoms with Crippen molar-refractivity contribution in [2.24, 2.45) is 0 Å². The molecule has 1 unspecified atom stereocenters. The number of hydrogen-bond acceptors (Lipinski definition) is 13. The zero-order chi connectivity index (χ0) is 40.5. The first-order valence-corrected chi connectivity index (χ1v) is 18.7. The molecule has 1 aromatic carbocycles. The largest absolute Gasteiger partial charge is 0.481 e. The third-order valence-corrected chi connectivity index (χ3v) is 9.48. The Morgan fingerprint density at radius 3 is 2.46 bits per heavy atom. The molecule has 0 aliphatic carbocycles. The Morgan fingerprint density at radius 2 is 1.75 bits per heavy atom. The number of nitrogens with zero attached hydrogens (tertiary/aromatic N) is 6. The Balaban J connectivity index is 1.08. The van der Waals surface area contributed by atoms with E-state index in [9.17, 15) is 38.3 Å². The van der Waals surface area contributed by atoms with Gasteiger partial charge in [-0.15, -0.1) is 0 Å². The number of pyridine rings is 1. The molecule has 2 aromatic rings. The Hall–Kier alpha value is -4.58. The number of benzene rings is 1. The zero-order valence-electron chi connectivity index (χ0n) is 31.7. The Kier molecular flexibility index (Phi) is 17.5. The molecular weight excluding hydrogens is 738 g/mol. The van der Waals surface area contributed by atoms with Gasteiger partial charge < -0.3 is 44.4 Å². The number of amides is 3. The number of nitriles is 1. The molecule has 19 heteroatoms. The number of aliphatic carboxylic acids is 1. The number of nitrogens with one attached hydrogen (secondary N) is 2. The Morgan fingerprint density at radius 1 is 1.04 bits per heavy atom. The molecule has 0 saturated carbocycles. The number of anilines is 1. The van der Waals surface area contributed by atoms with Crippen molar-refractivity contribution in [1.29, 1.82) is 5.26 Å². The number of carbonyl (C=O) groups excluding carboxylic acids is 3. The van der Waals surface area contributed by atoms with Gasteiger partial charge in [0.05, 0.1) is 64.1 Å². The van der Waals surface area contributed by atoms with Crippen LogP contribution in [0.3, 0.4) is 0 Å². The third-order valence-electron chi connectivity index (χ3n) is 9.48. The van der Waals surface area contributed by atoms with Crippen molar-refractivity contribution in [3.63, 3.8) is 0 Å². The van der Waals surface area contributed by atoms with Crippen LogP contribution in [0.4, 0.5) is 14.5 Å². The van der Waals surface area contributed by atoms with Crippen LogP contribution < -0.4 is 15.5 Å². The number of ether oxygens (including phenoxy) is 3. The molecule has 3 heterocycles. The molecule has 4 rings (SSSR count). The fraction of sp³-hybridized carbons (Fsp3) is 0.622. The quantitative estimate of drug-likeness (QED) is 0.0897. The van der Waals surface area contributed by atoms with E-state index in [2.05, 4.69) is 25.4 Å². The van der Waals surface area contributed by atoms with Gasteiger partial charge in [0, 0.05) is 82.0 Å². The molecule has 1 aromatic heterocycles. The summed E-state index contributed by atoms with van der Waals surface area (Å²) < 4.78 is 43.9. The summed E-state index contributed by atoms with van der Waals surface area (Å²) in [6.45, 7) is 4.83. The molecule has 56 heavy (non-hydrogen) atoms. The average molecular weight is 791 g/mol. The van der Waals surface area contributed by atoms with Gasteiger partial charge in [-0.05, 0) is 37.2 Å². The van der Waals surface area contributed by atoms with E-state index in [0.717, 1.165) is 43.2 Å². The molecule has 2 aliphatic heterocycles. The van der Waals surface area contributed by atoms with Crippen molar-refractivity contribution in [3.05, 3.63) is 36.0 Å². The van der Waals surface area contributed by atoms with Crippen LogP contribution in [0.25, 0.3) is 10.9 Å². The number of fused-ring (bicyclic) bond motifs is 1. The average Bonchev–Trinajstić information content (AvgIpc) is 3.52. The van der Waals surface area contributed by atoms with Gasteiger partial charge in [0.15, 0.2) is 0 Å². The van der Waals surface area contributed by atoms with Crippen molar-refractivity contribution in [1.82, 2.24) is 30.3 Å². The molecule has 0 bridgehead atoms. The summed E-state index contributed by atoms with van der Waals surface area (Å²) in [4.78, 5) is 58.6. The molecule has 17 nitrogen and oxygen atoms in total. The predicted octanol–water partition coefficient (Wildman–Crippen LogP) is 0.576. The van der Waals surface area contributed by atoms with Crippen LogP contribution in [0.2, 0.25) is 0 Å². The monoisotopic (exact) mass is 790 g/mol. The van der Waals surface area contributed by atoms with E-state index in [1.54, 1.807) is 23.2 Å². The lowest BCUT2D eigenvalue weighted by Crippen LogP contribution is -2.50. The number of aliphatic hydroxyl groups is 1. The van der Waals surface area contributed by atoms with Gasteiger partial charge in [0.2, 0.25) is 17.7 Å². The number of alkyl halides is 2. The molecule has 0 spiro atoms. The minimum atomic E-state index is -3.12. The van der Waals surface area contributed by atoms with Crippen LogP contribution >= 0.6 is 0 Å². The summed E-state index contributed by atoms with van der Waals surface area (Å²) in [7, 11) is 1.97. The number of carboxylic acids is 1. The van der Waals surface area contributed by atoms with Crippen molar-refractivity contribution < 1.29 is 52.4 Å². The highest BCUT2D eigenvalue weighted by atomic mass is 19.3. The predicted molar refractivity (Wildman–Crippen MR) is 199 cm³/mol. The standard InChI is InChI=1S/C37H52F2N8O9/c1-44(27-3-4-31-30(21-27)29(7-8-41-31)36(53)43-24-33(49)47-26-37(38,39)22-28(47)23-40)10-2-11-45-12-14-46(15-13-45)34(50)25-56-20-19-55-18-17-54-16-9-42-32(48)5-6-35(51)52/h3-4,7-8,21,28,36,43,53H,2,5-6,9-20,22,24-26H2,1H3,(H,42,48)(H,51,52)/t28-,36?/m0/s1. The van der Waals surface area contributed by atoms with Crippen LogP contribution in [-0.4, -0.2) is 171 Å². The summed E-state index contributed by atoms with van der Waals surface area (Å²) >= 11 is 0. The van der Waals surface area contributed by atoms with Crippen LogP contribution in [0, 0.1) is 11.3 Å². The van der Waals surface area contributed by atoms with Gasteiger partial charge in [0.25, 0.3) is 5.92 Å². The fourth-order valence-electron chi connectivity index (χ4n) is 6.36. The Bertz CT molecular complexity index is 1660. The molecule has 308 valence electrons. The number of hydrogen-bond donors (Lipinski definition) is 4. The molecule has 2 saturated heterocycles. The first kappa shape index (κ1) is 44.1. The lowest BCUT2D eigenvalue weighted by molar-refractivity contribution is -0.139. The van der Waals surface area contributed by atoms with Crippen molar-refractivity contribution in [2.45, 2.75) is 43.9 Å². The molecule has 2 aliphatic rings. The minimum Gasteiger partial charge on any atom is -0.481 e. The van der Waals surface area contributed by atoms with Crippen LogP contribution in [0.1, 0.15) is 37.5 Å². The number of likely N-dealkylation sites (tertiary alicyclic amines) is 1. The van der Waals surface area contributed by atoms with Gasteiger partial charge in [-0.2, -0.15) is 5.26 Å². The minimum absolute atomic E-state index is 0.0245. The molecule has 2 fully saturated rings. The van der Waals surface area contributed by atoms with Gasteiger partial charge in [-0.3, -0.25) is 34.4 Å². The van der Waals surface area contributed by atoms with Gasteiger partial charge in [-0.25, -0.2) is 8.78 Å². The summed E-state index contributed by atoms with van der Waals surface area (Å²) in [6, 6.07) is 7.86. The number of carboxylic acid groups (broad SMARTS) is 1. The van der Waals surface area contributed by atoms with E-state index in [1.165, 1.54) is 0 Å². The number of rotatable bonds is 23. The first-order chi connectivity index (χ1) is 26.9. The maximum atomic E-state index is 13.8. The number of carbonyl (C=O) groups is 4. The summed E-state index contributed by atoms with van der Waals surface area (Å²) in [5.74, 6) is -5.24. The molecule has 0 radical (unpaired) electrons. The van der Waals surface area contributed by atoms with E-state index in [0.29, 0.717) is 49.4 Å². The van der Waals surface area contributed by atoms with Crippen molar-refractivity contribution >= 4 is 40.3 Å². The van der Waals surface area contributed by atoms with Crippen molar-refractivity contribution in [2.75, 3.05) is 110 Å². The number of piperazine rings is 1.